The molecule has 44 heavy (non-hydrogen) atoms. The van der Waals surface area contributed by atoms with Crippen LogP contribution in [0.1, 0.15) is 57.7 Å². The second kappa shape index (κ2) is 11.3. The number of carbonyl (C=O) groups is 1. The number of oxazole rings is 1. The SMILES string of the molecule is CC(C)(C)OC(=O)N1CCC(n2cc(-c3cc4oc(=O)n(Cc5ccc(-c6nnc(C(F)F)o6)cn5)c4cc3F)cn2)CC1. The number of benzene rings is 1. The number of fused-ring (bicyclic) bond motifs is 1. The average molecular weight is 612 g/mol. The van der Waals surface area contributed by atoms with Gasteiger partial charge < -0.3 is 18.5 Å². The second-order valence-corrected chi connectivity index (χ2v) is 11.4. The Morgan fingerprint density at radius 3 is 2.52 bits per heavy atom. The molecule has 0 unspecified atom stereocenters. The Hall–Kier alpha value is -4.95. The van der Waals surface area contributed by atoms with Crippen molar-refractivity contribution in [3.63, 3.8) is 0 Å². The highest BCUT2D eigenvalue weighted by atomic mass is 19.3. The third-order valence-electron chi connectivity index (χ3n) is 7.18. The summed E-state index contributed by atoms with van der Waals surface area (Å²) in [5.41, 5.74) is 1.35. The van der Waals surface area contributed by atoms with Crippen LogP contribution in [0.2, 0.25) is 0 Å². The molecule has 1 saturated heterocycles. The van der Waals surface area contributed by atoms with Gasteiger partial charge in [0, 0.05) is 42.7 Å². The lowest BCUT2D eigenvalue weighted by molar-refractivity contribution is 0.0184. The van der Waals surface area contributed by atoms with Gasteiger partial charge in [0.2, 0.25) is 5.89 Å². The van der Waals surface area contributed by atoms with Crippen LogP contribution in [-0.4, -0.2) is 59.2 Å². The Balaban J connectivity index is 1.16. The summed E-state index contributed by atoms with van der Waals surface area (Å²) >= 11 is 0. The lowest BCUT2D eigenvalue weighted by atomic mass is 10.1. The molecule has 1 aliphatic heterocycles. The van der Waals surface area contributed by atoms with Gasteiger partial charge in [-0.05, 0) is 51.8 Å². The third kappa shape index (κ3) is 5.94. The first-order valence-electron chi connectivity index (χ1n) is 13.9. The standard InChI is InChI=1S/C29H28F3N7O5/c1-29(2,3)44-27(40)37-8-6-19(7-9-37)39-14-17(13-34-39)20-10-23-22(11-21(20)30)38(28(41)42-23)15-18-5-4-16(12-33-18)25-35-36-26(43-25)24(31)32/h4-5,10-14,19,24H,6-9,15H2,1-3H3. The summed E-state index contributed by atoms with van der Waals surface area (Å²) in [5, 5.41) is 11.3. The lowest BCUT2D eigenvalue weighted by Crippen LogP contribution is -2.42. The van der Waals surface area contributed by atoms with E-state index in [2.05, 4.69) is 20.3 Å². The first-order chi connectivity index (χ1) is 20.9. The van der Waals surface area contributed by atoms with Crippen molar-refractivity contribution in [3.05, 3.63) is 70.8 Å². The molecule has 0 N–H and O–H groups in total. The molecule has 0 radical (unpaired) electrons. The van der Waals surface area contributed by atoms with Crippen molar-refractivity contribution in [2.45, 2.75) is 58.2 Å². The van der Waals surface area contributed by atoms with Crippen molar-refractivity contribution in [3.8, 4) is 22.6 Å². The molecule has 1 amide bonds. The summed E-state index contributed by atoms with van der Waals surface area (Å²) in [6.45, 7) is 6.48. The summed E-state index contributed by atoms with van der Waals surface area (Å²) in [4.78, 5) is 31.0. The molecule has 5 heterocycles. The van der Waals surface area contributed by atoms with Crippen LogP contribution in [0.15, 0.2) is 56.5 Å². The van der Waals surface area contributed by atoms with Gasteiger partial charge in [0.05, 0.1) is 35.6 Å². The molecule has 5 aromatic rings. The number of hydrogen-bond donors (Lipinski definition) is 0. The normalized spacial score (nSPS) is 14.6. The number of aromatic nitrogens is 6. The van der Waals surface area contributed by atoms with Crippen LogP contribution < -0.4 is 5.76 Å². The molecule has 0 saturated carbocycles. The van der Waals surface area contributed by atoms with Crippen LogP contribution in [-0.2, 0) is 11.3 Å². The fraction of sp³-hybridized carbons (Fsp3) is 0.379. The van der Waals surface area contributed by atoms with E-state index in [1.54, 1.807) is 28.0 Å². The summed E-state index contributed by atoms with van der Waals surface area (Å²) in [5.74, 6) is -2.18. The van der Waals surface area contributed by atoms with Gasteiger partial charge in [-0.1, -0.05) is 0 Å². The van der Waals surface area contributed by atoms with Gasteiger partial charge in [-0.15, -0.1) is 10.2 Å². The van der Waals surface area contributed by atoms with E-state index in [-0.39, 0.29) is 41.2 Å². The van der Waals surface area contributed by atoms with E-state index < -0.39 is 29.5 Å². The van der Waals surface area contributed by atoms with Gasteiger partial charge in [-0.3, -0.25) is 14.2 Å². The van der Waals surface area contributed by atoms with Crippen molar-refractivity contribution in [1.82, 2.24) is 34.4 Å². The average Bonchev–Trinajstić information content (AvgIpc) is 3.73. The molecule has 0 aliphatic carbocycles. The topological polar surface area (TPSA) is 134 Å². The molecule has 12 nitrogen and oxygen atoms in total. The van der Waals surface area contributed by atoms with Gasteiger partial charge >= 0.3 is 18.3 Å². The maximum atomic E-state index is 15.4. The number of carbonyl (C=O) groups excluding carboxylic acids is 1. The lowest BCUT2D eigenvalue weighted by Gasteiger charge is -2.33. The van der Waals surface area contributed by atoms with Crippen LogP contribution in [0.5, 0.6) is 0 Å². The molecule has 0 spiro atoms. The van der Waals surface area contributed by atoms with E-state index in [9.17, 15) is 18.4 Å². The van der Waals surface area contributed by atoms with E-state index in [1.807, 2.05) is 20.8 Å². The van der Waals surface area contributed by atoms with Gasteiger partial charge in [-0.25, -0.2) is 14.0 Å². The minimum atomic E-state index is -2.89. The molecular formula is C29H28F3N7O5. The Morgan fingerprint density at radius 2 is 1.86 bits per heavy atom. The Morgan fingerprint density at radius 1 is 1.09 bits per heavy atom. The van der Waals surface area contributed by atoms with Crippen LogP contribution >= 0.6 is 0 Å². The van der Waals surface area contributed by atoms with Crippen molar-refractivity contribution < 1.29 is 31.5 Å². The zero-order valence-corrected chi connectivity index (χ0v) is 24.0. The molecule has 1 fully saturated rings. The van der Waals surface area contributed by atoms with Crippen LogP contribution in [0.4, 0.5) is 18.0 Å². The first-order valence-corrected chi connectivity index (χ1v) is 13.9. The number of rotatable bonds is 6. The molecular weight excluding hydrogens is 583 g/mol. The van der Waals surface area contributed by atoms with Gasteiger partial charge in [0.1, 0.15) is 11.4 Å². The minimum Gasteiger partial charge on any atom is -0.444 e. The Labute approximate surface area is 248 Å². The van der Waals surface area contributed by atoms with Crippen LogP contribution in [0.25, 0.3) is 33.7 Å². The number of halogens is 3. The summed E-state index contributed by atoms with van der Waals surface area (Å²) in [6.07, 6.45) is 2.75. The Kier molecular flexibility index (Phi) is 7.47. The van der Waals surface area contributed by atoms with Gasteiger partial charge in [0.25, 0.3) is 5.89 Å². The number of piperidine rings is 1. The first kappa shape index (κ1) is 29.1. The maximum Gasteiger partial charge on any atom is 0.420 e. The fourth-order valence-electron chi connectivity index (χ4n) is 5.02. The molecule has 4 aromatic heterocycles. The second-order valence-electron chi connectivity index (χ2n) is 11.4. The molecule has 1 aliphatic rings. The third-order valence-corrected chi connectivity index (χ3v) is 7.18. The maximum absolute atomic E-state index is 15.4. The number of hydrogen-bond acceptors (Lipinski definition) is 9. The number of pyridine rings is 1. The molecule has 0 bridgehead atoms. The van der Waals surface area contributed by atoms with Crippen molar-refractivity contribution >= 4 is 17.2 Å². The highest BCUT2D eigenvalue weighted by Crippen LogP contribution is 2.30. The van der Waals surface area contributed by atoms with Crippen molar-refractivity contribution in [2.24, 2.45) is 0 Å². The van der Waals surface area contributed by atoms with Gasteiger partial charge in [0.15, 0.2) is 5.58 Å². The number of likely N-dealkylation sites (tertiary alicyclic amines) is 1. The largest absolute Gasteiger partial charge is 0.444 e. The highest BCUT2D eigenvalue weighted by molar-refractivity contribution is 5.80. The molecule has 0 atom stereocenters. The smallest absolute Gasteiger partial charge is 0.420 e. The zero-order valence-electron chi connectivity index (χ0n) is 24.0. The molecule has 1 aromatic carbocycles. The van der Waals surface area contributed by atoms with E-state index in [0.29, 0.717) is 42.8 Å². The summed E-state index contributed by atoms with van der Waals surface area (Å²) in [6, 6.07) is 5.81. The summed E-state index contributed by atoms with van der Waals surface area (Å²) < 4.78 is 59.7. The van der Waals surface area contributed by atoms with Crippen molar-refractivity contribution in [2.75, 3.05) is 13.1 Å². The van der Waals surface area contributed by atoms with E-state index in [0.717, 1.165) is 0 Å². The predicted octanol–water partition coefficient (Wildman–Crippen LogP) is 5.60. The van der Waals surface area contributed by atoms with Crippen LogP contribution in [0, 0.1) is 5.82 Å². The van der Waals surface area contributed by atoms with E-state index in [1.165, 1.54) is 29.0 Å². The van der Waals surface area contributed by atoms with Crippen molar-refractivity contribution in [1.29, 1.82) is 0 Å². The predicted molar refractivity (Wildman–Crippen MR) is 149 cm³/mol. The molecule has 15 heteroatoms. The molecule has 230 valence electrons. The monoisotopic (exact) mass is 611 g/mol. The number of alkyl halides is 2. The quantitative estimate of drug-likeness (QED) is 0.240. The summed E-state index contributed by atoms with van der Waals surface area (Å²) in [7, 11) is 0. The highest BCUT2D eigenvalue weighted by Gasteiger charge is 2.28. The molecule has 6 rings (SSSR count). The fourth-order valence-corrected chi connectivity index (χ4v) is 5.02. The van der Waals surface area contributed by atoms with Gasteiger partial charge in [-0.2, -0.15) is 13.9 Å². The van der Waals surface area contributed by atoms with E-state index in [4.69, 9.17) is 13.6 Å². The van der Waals surface area contributed by atoms with Crippen LogP contribution in [0.3, 0.4) is 0 Å². The Bertz CT molecular complexity index is 1860. The number of amides is 1. The minimum absolute atomic E-state index is 0.0262. The zero-order chi connectivity index (χ0) is 31.2. The number of ether oxygens (including phenoxy) is 1. The van der Waals surface area contributed by atoms with E-state index >= 15 is 4.39 Å². The number of nitrogens with zero attached hydrogens (tertiary/aromatic N) is 7.